The van der Waals surface area contributed by atoms with Crippen molar-refractivity contribution >= 4 is 65.0 Å². The Morgan fingerprint density at radius 3 is 1.76 bits per heavy atom. The fraction of sp³-hybridized carbons (Fsp3) is 0.673. The van der Waals surface area contributed by atoms with Crippen LogP contribution in [0.15, 0.2) is 24.3 Å². The molecule has 33 heteroatoms. The van der Waals surface area contributed by atoms with Crippen LogP contribution in [0.25, 0.3) is 0 Å². The third-order valence-corrected chi connectivity index (χ3v) is 13.9. The molecule has 33 nitrogen and oxygen atoms in total. The number of aliphatic hydroxyl groups excluding tert-OH is 8. The standard InChI is InChI=1S/C52H83N11O22/c1-3-4-5-6-7-8-9-10-11-12-33(85-52-44(76)42(74)32(67)23-84-52)41(73)31(66)17-26-18-36(70)57-24(2)46(78)62-38(40(72)25-13-15-27(65)16-14-25)51(83)60-28(19-34(53)68)47(79)56-21-37(71)59-29(20-35(54)69)48(80)61-30(22-64)49(81)63-39(50(82)58-26)43(75)45(55)77/h13-16,24,26,28-33,38-44,52,64-67,72-76H,3-12,17-23H2,1-2H3,(H2,53,68)(H2,54,69)(H2,55,77)(H,56,79)(H,57,70)(H,58,82)(H,59,71)(H,60,83)(H,61,80)(H,62,78)(H,63,81). The molecule has 2 saturated heterocycles. The quantitative estimate of drug-likeness (QED) is 0.0404. The second-order valence-corrected chi connectivity index (χ2v) is 20.9. The average Bonchev–Trinajstić information content (AvgIpc) is 3.41. The minimum absolute atomic E-state index is 0.0278. The molecule has 2 heterocycles. The average molecular weight is 1210 g/mol. The van der Waals surface area contributed by atoms with Crippen molar-refractivity contribution in [2.24, 2.45) is 17.2 Å². The summed E-state index contributed by atoms with van der Waals surface area (Å²) in [6, 6.07) is -9.71. The van der Waals surface area contributed by atoms with E-state index in [-0.39, 0.29) is 17.7 Å². The van der Waals surface area contributed by atoms with E-state index in [4.69, 9.17) is 26.7 Å². The topological polar surface area (TPSA) is 563 Å². The highest BCUT2D eigenvalue weighted by atomic mass is 16.7. The van der Waals surface area contributed by atoms with Crippen LogP contribution in [0.2, 0.25) is 0 Å². The van der Waals surface area contributed by atoms with Crippen LogP contribution in [0.3, 0.4) is 0 Å². The number of ether oxygens (including phenoxy) is 2. The van der Waals surface area contributed by atoms with Gasteiger partial charge in [0, 0.05) is 12.5 Å². The van der Waals surface area contributed by atoms with Crippen LogP contribution in [-0.4, -0.2) is 222 Å². The summed E-state index contributed by atoms with van der Waals surface area (Å²) in [5.41, 5.74) is 15.9. The summed E-state index contributed by atoms with van der Waals surface area (Å²) < 4.78 is 11.3. The monoisotopic (exact) mass is 1210 g/mol. The van der Waals surface area contributed by atoms with Crippen molar-refractivity contribution in [3.8, 4) is 5.75 Å². The zero-order chi connectivity index (χ0) is 63.7. The summed E-state index contributed by atoms with van der Waals surface area (Å²) in [7, 11) is 0. The Morgan fingerprint density at radius 1 is 0.647 bits per heavy atom. The van der Waals surface area contributed by atoms with Crippen LogP contribution in [0.1, 0.15) is 115 Å². The maximum atomic E-state index is 14.2. The molecule has 2 fully saturated rings. The van der Waals surface area contributed by atoms with E-state index in [9.17, 15) is 98.7 Å². The van der Waals surface area contributed by atoms with Gasteiger partial charge in [0.1, 0.15) is 72.5 Å². The van der Waals surface area contributed by atoms with Gasteiger partial charge in [-0.05, 0) is 37.5 Å². The second kappa shape index (κ2) is 35.9. The van der Waals surface area contributed by atoms with Gasteiger partial charge in [-0.3, -0.25) is 52.7 Å². The summed E-state index contributed by atoms with van der Waals surface area (Å²) in [6.45, 7) is 0.258. The Balaban J connectivity index is 2.14. The van der Waals surface area contributed by atoms with Gasteiger partial charge in [0.2, 0.25) is 65.0 Å². The molecule has 0 bridgehead atoms. The summed E-state index contributed by atoms with van der Waals surface area (Å²) >= 11 is 0. The first-order valence-corrected chi connectivity index (χ1v) is 27.8. The fourth-order valence-electron chi connectivity index (χ4n) is 9.02. The number of nitrogens with two attached hydrogens (primary N) is 3. The zero-order valence-corrected chi connectivity index (χ0v) is 47.1. The highest BCUT2D eigenvalue weighted by Crippen LogP contribution is 2.25. The molecular formula is C52H83N11O22. The van der Waals surface area contributed by atoms with Crippen LogP contribution in [0.5, 0.6) is 5.75 Å². The van der Waals surface area contributed by atoms with Crippen molar-refractivity contribution in [3.05, 3.63) is 29.8 Å². The molecule has 0 radical (unpaired) electrons. The molecule has 85 heavy (non-hydrogen) atoms. The van der Waals surface area contributed by atoms with Crippen molar-refractivity contribution in [2.45, 2.75) is 201 Å². The van der Waals surface area contributed by atoms with Gasteiger partial charge in [0.15, 0.2) is 12.4 Å². The van der Waals surface area contributed by atoms with Gasteiger partial charge < -0.3 is 115 Å². The first-order chi connectivity index (χ1) is 40.1. The molecule has 0 aliphatic carbocycles. The van der Waals surface area contributed by atoms with E-state index in [0.717, 1.165) is 76.1 Å². The van der Waals surface area contributed by atoms with Crippen molar-refractivity contribution < 1.29 is 108 Å². The molecule has 2 aliphatic heterocycles. The first-order valence-electron chi connectivity index (χ1n) is 27.8. The Bertz CT molecular complexity index is 2430. The first kappa shape index (κ1) is 72.1. The third kappa shape index (κ3) is 24.0. The smallest absolute Gasteiger partial charge is 0.248 e. The van der Waals surface area contributed by atoms with E-state index in [1.807, 2.05) is 10.6 Å². The number of primary amides is 3. The number of phenolic OH excluding ortho intramolecular Hbond substituents is 1. The SMILES string of the molecule is CCCCCCCCCCCC(OC1OCC(O)C(O)C1O)C(O)C(O)CC1CC(=O)NC(C)C(=O)NC(C(O)c2ccc(O)cc2)C(=O)NC(CC(N)=O)C(=O)NCC(=O)NC(CC(N)=O)C(=O)NC(CO)C(=O)NC(C(O)C(N)=O)C(=O)N1. The van der Waals surface area contributed by atoms with Crippen molar-refractivity contribution in [1.82, 2.24) is 42.5 Å². The van der Waals surface area contributed by atoms with E-state index in [2.05, 4.69) is 38.8 Å². The Labute approximate surface area is 488 Å². The normalized spacial score (nSPS) is 27.4. The highest BCUT2D eigenvalue weighted by molar-refractivity contribution is 6.00. The summed E-state index contributed by atoms with van der Waals surface area (Å²) in [5.74, 6) is -15.2. The van der Waals surface area contributed by atoms with Gasteiger partial charge in [-0.2, -0.15) is 0 Å². The van der Waals surface area contributed by atoms with Crippen molar-refractivity contribution in [3.63, 3.8) is 0 Å². The van der Waals surface area contributed by atoms with Crippen LogP contribution in [-0.2, 0) is 62.2 Å². The number of benzene rings is 1. The van der Waals surface area contributed by atoms with Crippen molar-refractivity contribution in [2.75, 3.05) is 19.8 Å². The van der Waals surface area contributed by atoms with Crippen LogP contribution in [0, 0.1) is 0 Å². The molecule has 0 saturated carbocycles. The van der Waals surface area contributed by atoms with Gasteiger partial charge in [-0.1, -0.05) is 76.8 Å². The number of hydrogen-bond acceptors (Lipinski definition) is 22. The van der Waals surface area contributed by atoms with E-state index in [1.54, 1.807) is 0 Å². The molecule has 23 N–H and O–H groups in total. The molecule has 16 atom stereocenters. The number of amides is 11. The number of carbonyl (C=O) groups excluding carboxylic acids is 11. The summed E-state index contributed by atoms with van der Waals surface area (Å²) in [5, 5.41) is 114. The number of phenols is 1. The third-order valence-electron chi connectivity index (χ3n) is 13.9. The van der Waals surface area contributed by atoms with Crippen LogP contribution in [0.4, 0.5) is 0 Å². The number of nitrogens with one attached hydrogen (secondary N) is 8. The molecule has 11 amide bonds. The fourth-order valence-corrected chi connectivity index (χ4v) is 9.02. The Hall–Kier alpha value is -7.21. The van der Waals surface area contributed by atoms with Crippen LogP contribution < -0.4 is 59.7 Å². The number of hydrogen-bond donors (Lipinski definition) is 20. The largest absolute Gasteiger partial charge is 0.508 e. The van der Waals surface area contributed by atoms with Gasteiger partial charge in [0.25, 0.3) is 0 Å². The lowest BCUT2D eigenvalue weighted by Gasteiger charge is -2.38. The highest BCUT2D eigenvalue weighted by Gasteiger charge is 2.43. The van der Waals surface area contributed by atoms with E-state index >= 15 is 0 Å². The maximum Gasteiger partial charge on any atom is 0.248 e. The Morgan fingerprint density at radius 2 is 1.19 bits per heavy atom. The van der Waals surface area contributed by atoms with E-state index in [0.29, 0.717) is 12.8 Å². The molecule has 1 aromatic carbocycles. The van der Waals surface area contributed by atoms with Crippen molar-refractivity contribution in [1.29, 1.82) is 0 Å². The molecule has 16 unspecified atom stereocenters. The Kier molecular flexibility index (Phi) is 30.5. The molecule has 0 spiro atoms. The van der Waals surface area contributed by atoms with Gasteiger partial charge in [-0.15, -0.1) is 0 Å². The number of aromatic hydroxyl groups is 1. The lowest BCUT2D eigenvalue weighted by atomic mass is 9.94. The lowest BCUT2D eigenvalue weighted by Crippen LogP contribution is -2.63. The maximum absolute atomic E-state index is 14.2. The number of aliphatic hydroxyl groups is 8. The number of rotatable bonds is 25. The summed E-state index contributed by atoms with van der Waals surface area (Å²) in [6.07, 6.45) is -13.0. The second-order valence-electron chi connectivity index (χ2n) is 20.9. The minimum atomic E-state index is -2.65. The molecule has 2 aliphatic rings. The lowest BCUT2D eigenvalue weighted by molar-refractivity contribution is -0.293. The number of carbonyl (C=O) groups is 11. The van der Waals surface area contributed by atoms with Crippen LogP contribution >= 0.6 is 0 Å². The molecule has 478 valence electrons. The van der Waals surface area contributed by atoms with E-state index < -0.39 is 208 Å². The molecule has 0 aromatic heterocycles. The number of unbranched alkanes of at least 4 members (excludes halogenated alkanes) is 8. The molecule has 3 rings (SSSR count). The van der Waals surface area contributed by atoms with Gasteiger partial charge >= 0.3 is 0 Å². The van der Waals surface area contributed by atoms with Gasteiger partial charge in [-0.25, -0.2) is 0 Å². The molecular weight excluding hydrogens is 1130 g/mol. The summed E-state index contributed by atoms with van der Waals surface area (Å²) in [4.78, 5) is 147. The molecule has 1 aromatic rings. The van der Waals surface area contributed by atoms with Gasteiger partial charge in [0.05, 0.1) is 44.8 Å². The minimum Gasteiger partial charge on any atom is -0.508 e. The van der Waals surface area contributed by atoms with E-state index in [1.165, 1.54) is 0 Å². The predicted octanol–water partition coefficient (Wildman–Crippen LogP) is -8.19. The predicted molar refractivity (Wildman–Crippen MR) is 291 cm³/mol. The zero-order valence-electron chi connectivity index (χ0n) is 47.1.